The maximum atomic E-state index is 13.0. The fourth-order valence-electron chi connectivity index (χ4n) is 3.71. The summed E-state index contributed by atoms with van der Waals surface area (Å²) in [6.45, 7) is 2.81. The average molecular weight is 400 g/mol. The summed E-state index contributed by atoms with van der Waals surface area (Å²) in [4.78, 5) is 14.7. The maximum absolute atomic E-state index is 13.0. The fraction of sp³-hybridized carbons (Fsp3) is 0.435. The summed E-state index contributed by atoms with van der Waals surface area (Å²) in [7, 11) is 0. The molecular weight excluding hydrogens is 369 g/mol. The molecule has 0 aromatic heterocycles. The molecule has 2 aromatic carbocycles. The van der Waals surface area contributed by atoms with Gasteiger partial charge in [-0.2, -0.15) is 0 Å². The van der Waals surface area contributed by atoms with Crippen LogP contribution in [0.2, 0.25) is 0 Å². The normalized spacial score (nSPS) is 16.3. The molecule has 5 nitrogen and oxygen atoms in total. The Balaban J connectivity index is 1.36. The molecule has 0 saturated carbocycles. The number of amides is 2. The lowest BCUT2D eigenvalue weighted by atomic mass is 10.0. The van der Waals surface area contributed by atoms with Crippen molar-refractivity contribution in [2.24, 2.45) is 0 Å². The number of urea groups is 1. The van der Waals surface area contributed by atoms with Gasteiger partial charge in [-0.1, -0.05) is 42.5 Å². The van der Waals surface area contributed by atoms with Gasteiger partial charge in [0.05, 0.1) is 12.6 Å². The van der Waals surface area contributed by atoms with E-state index in [9.17, 15) is 14.3 Å². The molecule has 3 N–H and O–H groups in total. The number of piperidine rings is 1. The van der Waals surface area contributed by atoms with E-state index in [0.29, 0.717) is 6.42 Å². The van der Waals surface area contributed by atoms with Gasteiger partial charge in [-0.05, 0) is 48.9 Å². The van der Waals surface area contributed by atoms with Crippen LogP contribution < -0.4 is 10.6 Å². The molecule has 0 aliphatic carbocycles. The van der Waals surface area contributed by atoms with Crippen molar-refractivity contribution in [2.75, 3.05) is 26.2 Å². The highest BCUT2D eigenvalue weighted by molar-refractivity contribution is 5.74. The summed E-state index contributed by atoms with van der Waals surface area (Å²) in [5.41, 5.74) is 2.22. The zero-order valence-electron chi connectivity index (χ0n) is 16.7. The van der Waals surface area contributed by atoms with E-state index in [1.807, 2.05) is 6.07 Å². The van der Waals surface area contributed by atoms with E-state index in [0.717, 1.165) is 44.5 Å². The van der Waals surface area contributed by atoms with E-state index in [4.69, 9.17) is 0 Å². The highest BCUT2D eigenvalue weighted by Gasteiger charge is 2.21. The molecule has 2 amide bonds. The zero-order chi connectivity index (χ0) is 20.5. The van der Waals surface area contributed by atoms with Gasteiger partial charge in [0.2, 0.25) is 0 Å². The van der Waals surface area contributed by atoms with Crippen LogP contribution in [0.1, 0.15) is 24.0 Å². The minimum Gasteiger partial charge on any atom is -0.394 e. The first-order valence-electron chi connectivity index (χ1n) is 10.3. The number of aliphatic hydroxyl groups is 1. The van der Waals surface area contributed by atoms with Crippen LogP contribution in [-0.4, -0.2) is 54.4 Å². The first-order chi connectivity index (χ1) is 14.1. The van der Waals surface area contributed by atoms with Crippen molar-refractivity contribution in [3.8, 4) is 0 Å². The standard InChI is InChI=1S/C23H30FN3O2/c24-20-8-6-19(7-9-20)16-22(17-28)26-23(29)25-21-11-14-27(15-12-21)13-10-18-4-2-1-3-5-18/h1-9,21-22,28H,10-17H2,(H2,25,26,29). The molecule has 2 aromatic rings. The average Bonchev–Trinajstić information content (AvgIpc) is 2.75. The zero-order valence-corrected chi connectivity index (χ0v) is 16.7. The SMILES string of the molecule is O=C(NC1CCN(CCc2ccccc2)CC1)NC(CO)Cc1ccc(F)cc1. The second-order valence-corrected chi connectivity index (χ2v) is 7.68. The molecular formula is C23H30FN3O2. The molecule has 0 radical (unpaired) electrons. The number of aliphatic hydroxyl groups excluding tert-OH is 1. The van der Waals surface area contributed by atoms with Gasteiger partial charge in [0.25, 0.3) is 0 Å². The predicted octanol–water partition coefficient (Wildman–Crippen LogP) is 2.74. The van der Waals surface area contributed by atoms with Crippen LogP contribution in [0.3, 0.4) is 0 Å². The highest BCUT2D eigenvalue weighted by atomic mass is 19.1. The Morgan fingerprint density at radius 2 is 1.76 bits per heavy atom. The Morgan fingerprint density at radius 3 is 2.41 bits per heavy atom. The third kappa shape index (κ3) is 7.15. The number of likely N-dealkylation sites (tertiary alicyclic amines) is 1. The molecule has 29 heavy (non-hydrogen) atoms. The molecule has 1 aliphatic rings. The van der Waals surface area contributed by atoms with Gasteiger partial charge in [-0.3, -0.25) is 0 Å². The number of halogens is 1. The summed E-state index contributed by atoms with van der Waals surface area (Å²) in [5.74, 6) is -0.296. The van der Waals surface area contributed by atoms with Crippen LogP contribution in [0, 0.1) is 5.82 Å². The monoisotopic (exact) mass is 399 g/mol. The van der Waals surface area contributed by atoms with Gasteiger partial charge >= 0.3 is 6.03 Å². The van der Waals surface area contributed by atoms with Crippen LogP contribution in [0.5, 0.6) is 0 Å². The fourth-order valence-corrected chi connectivity index (χ4v) is 3.71. The maximum Gasteiger partial charge on any atom is 0.315 e. The summed E-state index contributed by atoms with van der Waals surface area (Å²) in [5, 5.41) is 15.4. The number of nitrogens with one attached hydrogen (secondary N) is 2. The van der Waals surface area contributed by atoms with Crippen molar-refractivity contribution in [3.05, 3.63) is 71.5 Å². The van der Waals surface area contributed by atoms with Crippen molar-refractivity contribution in [1.82, 2.24) is 15.5 Å². The minimum atomic E-state index is -0.397. The van der Waals surface area contributed by atoms with Crippen molar-refractivity contribution >= 4 is 6.03 Å². The van der Waals surface area contributed by atoms with E-state index in [2.05, 4.69) is 39.8 Å². The Kier molecular flexibility index (Phi) is 8.02. The molecule has 0 bridgehead atoms. The summed E-state index contributed by atoms with van der Waals surface area (Å²) >= 11 is 0. The first kappa shape index (κ1) is 21.3. The number of hydrogen-bond acceptors (Lipinski definition) is 3. The largest absolute Gasteiger partial charge is 0.394 e. The molecule has 1 heterocycles. The van der Waals surface area contributed by atoms with Crippen molar-refractivity contribution in [3.63, 3.8) is 0 Å². The van der Waals surface area contributed by atoms with E-state index in [-0.39, 0.29) is 24.5 Å². The number of carbonyl (C=O) groups excluding carboxylic acids is 1. The quantitative estimate of drug-likeness (QED) is 0.640. The second kappa shape index (κ2) is 10.9. The molecule has 1 aliphatic heterocycles. The van der Waals surface area contributed by atoms with Crippen LogP contribution in [0.15, 0.2) is 54.6 Å². The highest BCUT2D eigenvalue weighted by Crippen LogP contribution is 2.12. The third-order valence-corrected chi connectivity index (χ3v) is 5.43. The Hall–Kier alpha value is -2.44. The molecule has 3 rings (SSSR count). The molecule has 0 spiro atoms. The molecule has 1 atom stereocenters. The molecule has 1 fully saturated rings. The van der Waals surface area contributed by atoms with E-state index < -0.39 is 6.04 Å². The van der Waals surface area contributed by atoms with Crippen molar-refractivity contribution in [1.29, 1.82) is 0 Å². The molecule has 156 valence electrons. The van der Waals surface area contributed by atoms with Gasteiger partial charge in [0.15, 0.2) is 0 Å². The lowest BCUT2D eigenvalue weighted by Crippen LogP contribution is -2.51. The van der Waals surface area contributed by atoms with Crippen LogP contribution in [0.25, 0.3) is 0 Å². The van der Waals surface area contributed by atoms with E-state index in [1.54, 1.807) is 12.1 Å². The summed E-state index contributed by atoms with van der Waals surface area (Å²) < 4.78 is 13.0. The number of rotatable bonds is 8. The second-order valence-electron chi connectivity index (χ2n) is 7.68. The lowest BCUT2D eigenvalue weighted by molar-refractivity contribution is 0.187. The van der Waals surface area contributed by atoms with Gasteiger partial charge in [0.1, 0.15) is 5.82 Å². The first-order valence-corrected chi connectivity index (χ1v) is 10.3. The van der Waals surface area contributed by atoms with Crippen LogP contribution >= 0.6 is 0 Å². The van der Waals surface area contributed by atoms with E-state index in [1.165, 1.54) is 17.7 Å². The summed E-state index contributed by atoms with van der Waals surface area (Å²) in [6, 6.07) is 16.1. The number of carbonyl (C=O) groups is 1. The summed E-state index contributed by atoms with van der Waals surface area (Å²) in [6.07, 6.45) is 3.34. The Labute approximate surface area is 171 Å². The lowest BCUT2D eigenvalue weighted by Gasteiger charge is -2.32. The smallest absolute Gasteiger partial charge is 0.315 e. The number of nitrogens with zero attached hydrogens (tertiary/aromatic N) is 1. The molecule has 1 unspecified atom stereocenters. The number of benzene rings is 2. The van der Waals surface area contributed by atoms with Gasteiger partial charge in [0, 0.05) is 25.7 Å². The van der Waals surface area contributed by atoms with Gasteiger partial charge < -0.3 is 20.6 Å². The van der Waals surface area contributed by atoms with Crippen molar-refractivity contribution in [2.45, 2.75) is 37.8 Å². The number of hydrogen-bond donors (Lipinski definition) is 3. The minimum absolute atomic E-state index is 0.146. The van der Waals surface area contributed by atoms with E-state index >= 15 is 0 Å². The third-order valence-electron chi connectivity index (χ3n) is 5.43. The predicted molar refractivity (Wildman–Crippen MR) is 112 cm³/mol. The van der Waals surface area contributed by atoms with Gasteiger partial charge in [-0.25, -0.2) is 9.18 Å². The van der Waals surface area contributed by atoms with Gasteiger partial charge in [-0.15, -0.1) is 0 Å². The Bertz CT molecular complexity index is 746. The molecule has 6 heteroatoms. The molecule has 1 saturated heterocycles. The van der Waals surface area contributed by atoms with Crippen molar-refractivity contribution < 1.29 is 14.3 Å². The Morgan fingerprint density at radius 1 is 1.07 bits per heavy atom. The van der Waals surface area contributed by atoms with Crippen LogP contribution in [0.4, 0.5) is 9.18 Å². The topological polar surface area (TPSA) is 64.6 Å². The van der Waals surface area contributed by atoms with Crippen LogP contribution in [-0.2, 0) is 12.8 Å².